The van der Waals surface area contributed by atoms with Gasteiger partial charge in [-0.05, 0) is 6.90 Å². The average Bonchev–Trinajstić information content (AvgIpc) is 2.10. The summed E-state index contributed by atoms with van der Waals surface area (Å²) in [5.74, 6) is 0. The van der Waals surface area contributed by atoms with Gasteiger partial charge in [-0.1, -0.05) is 0 Å². The highest BCUT2D eigenvalue weighted by Crippen LogP contribution is 2.38. The molecule has 0 bridgehead atoms. The number of hydrogen-bond acceptors (Lipinski definition) is 5. The summed E-state index contributed by atoms with van der Waals surface area (Å²) >= 11 is 0. The van der Waals surface area contributed by atoms with Crippen LogP contribution in [0.5, 0.6) is 0 Å². The molecule has 0 aromatic heterocycles. The van der Waals surface area contributed by atoms with Crippen molar-refractivity contribution in [1.82, 2.24) is 0 Å². The highest BCUT2D eigenvalue weighted by Gasteiger charge is 2.31. The predicted octanol–water partition coefficient (Wildman–Crippen LogP) is -1.80. The highest BCUT2D eigenvalue weighted by molar-refractivity contribution is 7.46. The van der Waals surface area contributed by atoms with Crippen molar-refractivity contribution in [2.45, 2.75) is 25.2 Å². The number of phosphoric ester groups is 1. The zero-order valence-electron chi connectivity index (χ0n) is 7.65. The molecule has 0 heterocycles. The lowest BCUT2D eigenvalue weighted by molar-refractivity contribution is -0.0666. The highest BCUT2D eigenvalue weighted by atomic mass is 31.2. The second kappa shape index (κ2) is 5.02. The summed E-state index contributed by atoms with van der Waals surface area (Å²) in [6.07, 6.45) is -4.91. The van der Waals surface area contributed by atoms with Gasteiger partial charge in [-0.25, -0.2) is 4.57 Å². The summed E-state index contributed by atoms with van der Waals surface area (Å²) in [5.41, 5.74) is 0. The molecule has 0 spiro atoms. The number of aliphatic hydroxyl groups excluding tert-OH is 3. The molecule has 13 heavy (non-hydrogen) atoms. The van der Waals surface area contributed by atoms with Gasteiger partial charge < -0.3 is 25.1 Å². The van der Waals surface area contributed by atoms with E-state index in [2.05, 4.69) is 4.52 Å². The van der Waals surface area contributed by atoms with Crippen LogP contribution in [0.3, 0.4) is 0 Å². The van der Waals surface area contributed by atoms with Gasteiger partial charge in [0.05, 0.1) is 12.7 Å². The maximum atomic E-state index is 10.4. The summed E-state index contributed by atoms with van der Waals surface area (Å²) in [7, 11) is -4.87. The van der Waals surface area contributed by atoms with Crippen LogP contribution in [-0.4, -0.2) is 50.0 Å². The molecule has 0 radical (unpaired) electrons. The summed E-state index contributed by atoms with van der Waals surface area (Å²) in [4.78, 5) is 16.8. The van der Waals surface area contributed by atoms with E-state index in [1.165, 1.54) is 0 Å². The lowest BCUT2D eigenvalue weighted by Crippen LogP contribution is -2.39. The van der Waals surface area contributed by atoms with Crippen molar-refractivity contribution in [2.75, 3.05) is 6.61 Å². The molecule has 1 unspecified atom stereocenters. The van der Waals surface area contributed by atoms with Crippen LogP contribution in [0.1, 0.15) is 8.27 Å². The molecule has 0 fully saturated rings. The molecule has 0 aromatic rings. The van der Waals surface area contributed by atoms with Crippen LogP contribution >= 0.6 is 7.82 Å². The summed E-state index contributed by atoms with van der Waals surface area (Å²) in [6.45, 7) is -1.44. The smallest absolute Gasteiger partial charge is 0.394 e. The minimum Gasteiger partial charge on any atom is -0.394 e. The molecule has 0 aliphatic carbocycles. The van der Waals surface area contributed by atoms with Gasteiger partial charge in [0.25, 0.3) is 0 Å². The molecule has 7 nitrogen and oxygen atoms in total. The van der Waals surface area contributed by atoms with Gasteiger partial charge in [0.15, 0.2) is 0 Å². The second-order valence-corrected chi connectivity index (χ2v) is 3.57. The van der Waals surface area contributed by atoms with E-state index in [-0.39, 0.29) is 0 Å². The minimum atomic E-state index is -4.87. The van der Waals surface area contributed by atoms with Gasteiger partial charge in [0.1, 0.15) is 12.2 Å². The largest absolute Gasteiger partial charge is 0.470 e. The maximum absolute atomic E-state index is 10.4. The zero-order chi connectivity index (χ0) is 11.4. The molecule has 0 saturated heterocycles. The van der Waals surface area contributed by atoms with E-state index in [0.29, 0.717) is 0 Å². The maximum Gasteiger partial charge on any atom is 0.470 e. The lowest BCUT2D eigenvalue weighted by atomic mass is 10.1. The fourth-order valence-corrected chi connectivity index (χ4v) is 1.26. The van der Waals surface area contributed by atoms with E-state index < -0.39 is 39.6 Å². The molecule has 0 saturated carbocycles. The molecular weight excluding hydrogens is 203 g/mol. The lowest BCUT2D eigenvalue weighted by Gasteiger charge is -2.24. The Morgan fingerprint density at radius 3 is 2.38 bits per heavy atom. The van der Waals surface area contributed by atoms with Crippen LogP contribution in [0.25, 0.3) is 0 Å². The third-order valence-electron chi connectivity index (χ3n) is 1.20. The Morgan fingerprint density at radius 2 is 2.08 bits per heavy atom. The van der Waals surface area contributed by atoms with E-state index in [1.807, 2.05) is 0 Å². The fraction of sp³-hybridized carbons (Fsp3) is 1.00. The van der Waals surface area contributed by atoms with Gasteiger partial charge in [0, 0.05) is 1.37 Å². The first-order chi connectivity index (χ1) is 6.31. The van der Waals surface area contributed by atoms with E-state index in [0.717, 1.165) is 0 Å². The molecule has 5 N–H and O–H groups in total. The summed E-state index contributed by atoms with van der Waals surface area (Å²) in [5, 5.41) is 26.6. The van der Waals surface area contributed by atoms with Crippen molar-refractivity contribution in [3.05, 3.63) is 0 Å². The third kappa shape index (κ3) is 5.33. The van der Waals surface area contributed by atoms with Crippen LogP contribution in [0.4, 0.5) is 0 Å². The van der Waals surface area contributed by atoms with E-state index in [1.54, 1.807) is 0 Å². The Kier molecular flexibility index (Phi) is 4.27. The van der Waals surface area contributed by atoms with Gasteiger partial charge >= 0.3 is 7.82 Å². The number of rotatable bonds is 5. The molecule has 0 rings (SSSR count). The van der Waals surface area contributed by atoms with Crippen LogP contribution < -0.4 is 0 Å². The topological polar surface area (TPSA) is 127 Å². The Hall–Kier alpha value is -0.0100. The second-order valence-electron chi connectivity index (χ2n) is 2.38. The summed E-state index contributed by atoms with van der Waals surface area (Å²) in [6, 6.07) is 0. The fourth-order valence-electron chi connectivity index (χ4n) is 0.659. The number of phosphoric acid groups is 1. The summed E-state index contributed by atoms with van der Waals surface area (Å²) < 4.78 is 21.2. The molecule has 3 atom stereocenters. The molecule has 0 aromatic carbocycles. The molecule has 0 aliphatic rings. The predicted molar refractivity (Wildman–Crippen MR) is 41.7 cm³/mol. The normalized spacial score (nSPS) is 20.5. The average molecular weight is 217 g/mol. The Bertz CT molecular complexity index is 196. The first kappa shape index (κ1) is 11.1. The van der Waals surface area contributed by atoms with Crippen molar-refractivity contribution < 1.29 is 35.6 Å². The Morgan fingerprint density at radius 1 is 1.54 bits per heavy atom. The minimum absolute atomic E-state index is 0.609. The van der Waals surface area contributed by atoms with Crippen LogP contribution in [0, 0.1) is 0 Å². The monoisotopic (exact) mass is 217 g/mol. The molecular formula is C5H13O7P. The van der Waals surface area contributed by atoms with Crippen LogP contribution in [-0.2, 0) is 9.09 Å². The van der Waals surface area contributed by atoms with Crippen LogP contribution in [0.15, 0.2) is 0 Å². The van der Waals surface area contributed by atoms with Gasteiger partial charge in [-0.2, -0.15) is 0 Å². The number of aliphatic hydroxyl groups is 3. The standard InChI is InChI=1S/C5H13O7P/c1-3(7)5(4(8)2-6)12-13(9,10)11/h3-8H,2H2,1H3,(H2,9,10,11)/t3?,4-,5+/m1/s1/i1D. The SMILES string of the molecule is [2H]CC(O)[C@H](OP(=O)(O)O)[C@H](O)CO. The van der Waals surface area contributed by atoms with E-state index in [4.69, 9.17) is 26.5 Å². The van der Waals surface area contributed by atoms with E-state index in [9.17, 15) is 4.57 Å². The van der Waals surface area contributed by atoms with Gasteiger partial charge in [-0.15, -0.1) is 0 Å². The van der Waals surface area contributed by atoms with Gasteiger partial charge in [-0.3, -0.25) is 4.52 Å². The van der Waals surface area contributed by atoms with Crippen molar-refractivity contribution in [1.29, 1.82) is 0 Å². The molecule has 0 amide bonds. The van der Waals surface area contributed by atoms with Crippen LogP contribution in [0.2, 0.25) is 0 Å². The molecule has 80 valence electrons. The first-order valence-corrected chi connectivity index (χ1v) is 4.85. The Labute approximate surface area is 76.2 Å². The molecule has 0 aliphatic heterocycles. The first-order valence-electron chi connectivity index (χ1n) is 4.02. The van der Waals surface area contributed by atoms with Crippen molar-refractivity contribution in [2.24, 2.45) is 0 Å². The number of hydrogen-bond donors (Lipinski definition) is 5. The molecule has 8 heteroatoms. The van der Waals surface area contributed by atoms with Crippen molar-refractivity contribution >= 4 is 7.82 Å². The van der Waals surface area contributed by atoms with Crippen molar-refractivity contribution in [3.8, 4) is 0 Å². The Balaban J connectivity index is 4.48. The quantitative estimate of drug-likeness (QED) is 0.343. The zero-order valence-corrected chi connectivity index (χ0v) is 7.54. The van der Waals surface area contributed by atoms with Crippen molar-refractivity contribution in [3.63, 3.8) is 0 Å². The van der Waals surface area contributed by atoms with Gasteiger partial charge in [0.2, 0.25) is 0 Å². The van der Waals surface area contributed by atoms with E-state index >= 15 is 0 Å². The third-order valence-corrected chi connectivity index (χ3v) is 1.72.